The smallest absolute Gasteiger partial charge is 0.139 e. The molecular formula is C36H46N4O2. The second-order valence-corrected chi connectivity index (χ2v) is 13.2. The molecule has 1 aliphatic carbocycles. The number of pyridine rings is 1. The number of H-pyrrole nitrogens is 1. The fourth-order valence-corrected chi connectivity index (χ4v) is 8.75. The fourth-order valence-electron chi connectivity index (χ4n) is 8.75. The summed E-state index contributed by atoms with van der Waals surface area (Å²) in [5, 5.41) is 29.7. The van der Waals surface area contributed by atoms with Crippen LogP contribution >= 0.6 is 0 Å². The van der Waals surface area contributed by atoms with Crippen molar-refractivity contribution in [2.24, 2.45) is 11.3 Å². The summed E-state index contributed by atoms with van der Waals surface area (Å²) in [6.45, 7) is 4.13. The highest BCUT2D eigenvalue weighted by atomic mass is 16.3. The maximum absolute atomic E-state index is 12.9. The van der Waals surface area contributed by atoms with Gasteiger partial charge < -0.3 is 25.4 Å². The molecule has 1 saturated heterocycles. The first-order valence-electron chi connectivity index (χ1n) is 16.4. The zero-order chi connectivity index (χ0) is 28.6. The molecule has 4 aliphatic rings. The molecule has 5 unspecified atom stereocenters. The second-order valence-electron chi connectivity index (χ2n) is 13.2. The molecule has 3 aromatic rings. The highest BCUT2D eigenvalue weighted by Gasteiger charge is 2.58. The number of piperidine rings is 1. The highest BCUT2D eigenvalue weighted by molar-refractivity contribution is 6.11. The minimum Gasteiger partial charge on any atom is -0.506 e. The van der Waals surface area contributed by atoms with Crippen LogP contribution in [0.15, 0.2) is 60.8 Å². The van der Waals surface area contributed by atoms with E-state index in [1.807, 2.05) is 18.3 Å². The summed E-state index contributed by atoms with van der Waals surface area (Å²) in [5.41, 5.74) is 2.71. The Morgan fingerprint density at radius 2 is 1.64 bits per heavy atom. The number of aromatic amines is 1. The van der Waals surface area contributed by atoms with Crippen LogP contribution in [0.25, 0.3) is 27.4 Å². The predicted octanol–water partition coefficient (Wildman–Crippen LogP) is 6.86. The Labute approximate surface area is 249 Å². The van der Waals surface area contributed by atoms with Crippen LogP contribution in [0.1, 0.15) is 76.3 Å². The molecule has 2 aromatic heterocycles. The third kappa shape index (κ3) is 4.91. The molecule has 1 spiro atoms. The van der Waals surface area contributed by atoms with Crippen molar-refractivity contribution in [2.45, 2.75) is 82.3 Å². The molecule has 6 nitrogen and oxygen atoms in total. The topological polar surface area (TPSA) is 84.4 Å². The quantitative estimate of drug-likeness (QED) is 0.242. The van der Waals surface area contributed by atoms with Gasteiger partial charge in [-0.1, -0.05) is 36.4 Å². The standard InChI is InChI=1S/C36H46N4O2/c41-30-15-13-14-26-27-16-21-37-32(33(27)39-31(26)30)28-24-36(42)19-10-6-2-4-8-12-22-40-23-17-29(28)35(25-40)18-9-5-1-3-7-11-20-38-34(35)36/h1-2,5-6,13-16,21,24,29,34,38-39,41-42H,3-4,7-12,17-20,22-23,25H2. The SMILES string of the molecule is Oc1cccc2c1[nH]c1c(C3=CC4(O)CCC=CCCCCN5CCC3C3(CCC=CCCCCNC43)C5)nccc12. The summed E-state index contributed by atoms with van der Waals surface area (Å²) in [5.74, 6) is 0.532. The lowest BCUT2D eigenvalue weighted by molar-refractivity contribution is -0.0798. The zero-order valence-corrected chi connectivity index (χ0v) is 24.8. The maximum atomic E-state index is 12.9. The normalized spacial score (nSPS) is 32.8. The van der Waals surface area contributed by atoms with Crippen LogP contribution < -0.4 is 5.32 Å². The molecule has 7 rings (SSSR count). The van der Waals surface area contributed by atoms with E-state index in [0.717, 1.165) is 98.6 Å². The first-order chi connectivity index (χ1) is 20.6. The minimum absolute atomic E-state index is 0.0202. The molecule has 3 bridgehead atoms. The van der Waals surface area contributed by atoms with Crippen LogP contribution in [0.2, 0.25) is 0 Å². The van der Waals surface area contributed by atoms with Gasteiger partial charge in [-0.3, -0.25) is 4.98 Å². The number of rotatable bonds is 1. The third-order valence-electron chi connectivity index (χ3n) is 10.7. The molecule has 1 aromatic carbocycles. The van der Waals surface area contributed by atoms with Gasteiger partial charge in [0.15, 0.2) is 0 Å². The summed E-state index contributed by atoms with van der Waals surface area (Å²) in [6.07, 6.45) is 25.2. The van der Waals surface area contributed by atoms with E-state index < -0.39 is 5.60 Å². The lowest BCUT2D eigenvalue weighted by Crippen LogP contribution is -2.68. The molecule has 4 N–H and O–H groups in total. The van der Waals surface area contributed by atoms with Crippen molar-refractivity contribution < 1.29 is 10.2 Å². The number of fused-ring (bicyclic) bond motifs is 4. The molecule has 5 heterocycles. The van der Waals surface area contributed by atoms with E-state index in [1.165, 1.54) is 24.8 Å². The predicted molar refractivity (Wildman–Crippen MR) is 171 cm³/mol. The van der Waals surface area contributed by atoms with E-state index in [1.54, 1.807) is 6.07 Å². The number of nitrogens with one attached hydrogen (secondary N) is 2. The van der Waals surface area contributed by atoms with Gasteiger partial charge >= 0.3 is 0 Å². The van der Waals surface area contributed by atoms with Crippen molar-refractivity contribution in [2.75, 3.05) is 26.2 Å². The van der Waals surface area contributed by atoms with Gasteiger partial charge in [0.25, 0.3) is 0 Å². The van der Waals surface area contributed by atoms with Gasteiger partial charge in [-0.2, -0.15) is 0 Å². The number of hydrogen-bond donors (Lipinski definition) is 4. The summed E-state index contributed by atoms with van der Waals surface area (Å²) < 4.78 is 0. The van der Waals surface area contributed by atoms with E-state index in [4.69, 9.17) is 4.98 Å². The molecule has 222 valence electrons. The number of aliphatic hydroxyl groups is 1. The van der Waals surface area contributed by atoms with E-state index in [0.29, 0.717) is 6.42 Å². The molecular weight excluding hydrogens is 520 g/mol. The van der Waals surface area contributed by atoms with Crippen LogP contribution in [0.4, 0.5) is 0 Å². The molecule has 0 amide bonds. The highest BCUT2D eigenvalue weighted by Crippen LogP contribution is 2.56. The van der Waals surface area contributed by atoms with Crippen LogP contribution in [0.3, 0.4) is 0 Å². The first kappa shape index (κ1) is 27.9. The number of aromatic nitrogens is 2. The van der Waals surface area contributed by atoms with Gasteiger partial charge in [0.05, 0.1) is 22.3 Å². The van der Waals surface area contributed by atoms with Crippen LogP contribution in [0.5, 0.6) is 5.75 Å². The van der Waals surface area contributed by atoms with Crippen molar-refractivity contribution in [3.8, 4) is 5.75 Å². The van der Waals surface area contributed by atoms with E-state index >= 15 is 0 Å². The van der Waals surface area contributed by atoms with Gasteiger partial charge in [-0.25, -0.2) is 0 Å². The number of benzene rings is 1. The summed E-state index contributed by atoms with van der Waals surface area (Å²) >= 11 is 0. The largest absolute Gasteiger partial charge is 0.506 e. The van der Waals surface area contributed by atoms with Crippen molar-refractivity contribution in [3.05, 3.63) is 66.5 Å². The van der Waals surface area contributed by atoms with Crippen molar-refractivity contribution in [3.63, 3.8) is 0 Å². The number of para-hydroxylation sites is 1. The molecule has 0 saturated carbocycles. The average molecular weight is 567 g/mol. The number of hydrogen-bond acceptors (Lipinski definition) is 5. The third-order valence-corrected chi connectivity index (χ3v) is 10.7. The summed E-state index contributed by atoms with van der Waals surface area (Å²) in [4.78, 5) is 11.3. The monoisotopic (exact) mass is 566 g/mol. The number of nitrogens with zero attached hydrogens (tertiary/aromatic N) is 2. The van der Waals surface area contributed by atoms with E-state index in [2.05, 4.69) is 51.6 Å². The Hall–Kier alpha value is -2.93. The minimum atomic E-state index is -0.997. The molecule has 0 radical (unpaired) electrons. The Morgan fingerprint density at radius 1 is 0.857 bits per heavy atom. The van der Waals surface area contributed by atoms with Crippen LogP contribution in [-0.4, -0.2) is 62.9 Å². The lowest BCUT2D eigenvalue weighted by Gasteiger charge is -2.60. The molecule has 5 atom stereocenters. The maximum Gasteiger partial charge on any atom is 0.139 e. The first-order valence-corrected chi connectivity index (χ1v) is 16.4. The van der Waals surface area contributed by atoms with E-state index in [-0.39, 0.29) is 23.1 Å². The van der Waals surface area contributed by atoms with Crippen molar-refractivity contribution in [1.82, 2.24) is 20.2 Å². The van der Waals surface area contributed by atoms with Crippen LogP contribution in [-0.2, 0) is 0 Å². The Kier molecular flexibility index (Phi) is 7.72. The molecule has 42 heavy (non-hydrogen) atoms. The van der Waals surface area contributed by atoms with Gasteiger partial charge in [-0.05, 0) is 120 Å². The number of phenols is 1. The van der Waals surface area contributed by atoms with Crippen LogP contribution in [0, 0.1) is 11.3 Å². The lowest BCUT2D eigenvalue weighted by atomic mass is 9.53. The molecule has 1 fully saturated rings. The summed E-state index contributed by atoms with van der Waals surface area (Å²) in [7, 11) is 0. The number of aromatic hydroxyl groups is 1. The average Bonchev–Trinajstić information content (AvgIpc) is 3.36. The number of allylic oxidation sites excluding steroid dienone is 5. The van der Waals surface area contributed by atoms with Gasteiger partial charge in [-0.15, -0.1) is 0 Å². The van der Waals surface area contributed by atoms with Crippen molar-refractivity contribution in [1.29, 1.82) is 0 Å². The zero-order valence-electron chi connectivity index (χ0n) is 24.8. The second kappa shape index (κ2) is 11.6. The van der Waals surface area contributed by atoms with Crippen molar-refractivity contribution >= 4 is 27.4 Å². The Balaban J connectivity index is 1.44. The Bertz CT molecular complexity index is 1520. The van der Waals surface area contributed by atoms with Gasteiger partial charge in [0, 0.05) is 35.0 Å². The Morgan fingerprint density at radius 3 is 2.52 bits per heavy atom. The van der Waals surface area contributed by atoms with Gasteiger partial charge in [0.2, 0.25) is 0 Å². The van der Waals surface area contributed by atoms with Gasteiger partial charge in [0.1, 0.15) is 5.75 Å². The number of phenolic OH excluding ortho intramolecular Hbond substituents is 1. The fraction of sp³-hybridized carbons (Fsp3) is 0.528. The molecule has 6 heteroatoms. The molecule has 3 aliphatic heterocycles. The summed E-state index contributed by atoms with van der Waals surface area (Å²) in [6, 6.07) is 7.73. The van der Waals surface area contributed by atoms with E-state index in [9.17, 15) is 10.2 Å².